The topological polar surface area (TPSA) is 74.1 Å². The van der Waals surface area contributed by atoms with Gasteiger partial charge in [0.05, 0.1) is 26.1 Å². The summed E-state index contributed by atoms with van der Waals surface area (Å²) in [4.78, 5) is 8.71. The van der Waals surface area contributed by atoms with E-state index in [2.05, 4.69) is 27.3 Å². The lowest BCUT2D eigenvalue weighted by Gasteiger charge is -2.12. The number of ether oxygens (including phenoxy) is 2. The Morgan fingerprint density at radius 2 is 2.12 bits per heavy atom. The fourth-order valence-corrected chi connectivity index (χ4v) is 2.30. The first-order valence-corrected chi connectivity index (χ1v) is 8.16. The fraction of sp³-hybridized carbons (Fsp3) is 0.278. The number of aromatic nitrogens is 4. The van der Waals surface area contributed by atoms with Crippen molar-refractivity contribution in [3.8, 4) is 17.3 Å². The van der Waals surface area contributed by atoms with E-state index in [1.807, 2.05) is 30.5 Å². The van der Waals surface area contributed by atoms with E-state index in [-0.39, 0.29) is 0 Å². The molecule has 0 amide bonds. The Hall–Kier alpha value is -3.09. The second-order valence-electron chi connectivity index (χ2n) is 5.40. The molecule has 7 heteroatoms. The van der Waals surface area contributed by atoms with Gasteiger partial charge in [-0.25, -0.2) is 9.67 Å². The van der Waals surface area contributed by atoms with Gasteiger partial charge in [0, 0.05) is 18.9 Å². The maximum absolute atomic E-state index is 5.67. The number of methoxy groups -OCH3 is 1. The Bertz CT molecular complexity index is 805. The lowest BCUT2D eigenvalue weighted by Crippen LogP contribution is -2.06. The molecule has 7 nitrogen and oxygen atoms in total. The summed E-state index contributed by atoms with van der Waals surface area (Å²) in [5.41, 5.74) is 1.06. The molecule has 0 aliphatic carbocycles. The van der Waals surface area contributed by atoms with E-state index in [1.165, 1.54) is 0 Å². The number of nitrogens with zero attached hydrogens (tertiary/aromatic N) is 4. The van der Waals surface area contributed by atoms with Gasteiger partial charge in [-0.15, -0.1) is 0 Å². The zero-order valence-electron chi connectivity index (χ0n) is 14.3. The summed E-state index contributed by atoms with van der Waals surface area (Å²) in [6.07, 6.45) is 7.84. The van der Waals surface area contributed by atoms with Gasteiger partial charge in [0.15, 0.2) is 17.3 Å². The van der Waals surface area contributed by atoms with E-state index in [9.17, 15) is 0 Å². The summed E-state index contributed by atoms with van der Waals surface area (Å²) in [6.45, 7) is 3.34. The highest BCUT2D eigenvalue weighted by Gasteiger charge is 2.06. The third kappa shape index (κ3) is 4.26. The lowest BCUT2D eigenvalue weighted by atomic mass is 10.2. The molecule has 130 valence electrons. The summed E-state index contributed by atoms with van der Waals surface area (Å²) >= 11 is 0. The van der Waals surface area contributed by atoms with Crippen molar-refractivity contribution in [1.29, 1.82) is 0 Å². The molecule has 1 N–H and O–H groups in total. The molecule has 0 fully saturated rings. The number of anilines is 1. The van der Waals surface area contributed by atoms with Crippen molar-refractivity contribution >= 4 is 5.82 Å². The van der Waals surface area contributed by atoms with Gasteiger partial charge in [0.1, 0.15) is 5.82 Å². The number of benzene rings is 1. The smallest absolute Gasteiger partial charge is 0.173 e. The lowest BCUT2D eigenvalue weighted by molar-refractivity contribution is 0.294. The predicted octanol–water partition coefficient (Wildman–Crippen LogP) is 3.07. The quantitative estimate of drug-likeness (QED) is 0.680. The molecule has 0 aliphatic rings. The molecule has 0 saturated carbocycles. The highest BCUT2D eigenvalue weighted by Crippen LogP contribution is 2.28. The third-order valence-electron chi connectivity index (χ3n) is 3.52. The van der Waals surface area contributed by atoms with Gasteiger partial charge in [-0.3, -0.25) is 4.98 Å². The van der Waals surface area contributed by atoms with Crippen molar-refractivity contribution < 1.29 is 9.47 Å². The Kier molecular flexibility index (Phi) is 5.46. The largest absolute Gasteiger partial charge is 0.493 e. The number of hydrogen-bond donors (Lipinski definition) is 1. The summed E-state index contributed by atoms with van der Waals surface area (Å²) in [5.74, 6) is 2.83. The van der Waals surface area contributed by atoms with Crippen LogP contribution in [0.15, 0.2) is 49.1 Å². The molecule has 3 rings (SSSR count). The highest BCUT2D eigenvalue weighted by molar-refractivity contribution is 5.44. The molecule has 0 unspecified atom stereocenters. The van der Waals surface area contributed by atoms with Crippen LogP contribution in [0.1, 0.15) is 18.9 Å². The average Bonchev–Trinajstić information content (AvgIpc) is 3.20. The fourth-order valence-electron chi connectivity index (χ4n) is 2.30. The van der Waals surface area contributed by atoms with Gasteiger partial charge in [-0.1, -0.05) is 13.0 Å². The normalized spacial score (nSPS) is 10.5. The molecule has 0 spiro atoms. The molecule has 0 bridgehead atoms. The van der Waals surface area contributed by atoms with Crippen LogP contribution in [0.2, 0.25) is 0 Å². The van der Waals surface area contributed by atoms with Crippen LogP contribution in [0.4, 0.5) is 5.82 Å². The van der Waals surface area contributed by atoms with E-state index in [0.29, 0.717) is 24.8 Å². The summed E-state index contributed by atoms with van der Waals surface area (Å²) in [5, 5.41) is 7.42. The molecule has 2 aromatic heterocycles. The molecule has 2 heterocycles. The first kappa shape index (κ1) is 16.8. The van der Waals surface area contributed by atoms with E-state index < -0.39 is 0 Å². The van der Waals surface area contributed by atoms with Crippen LogP contribution < -0.4 is 14.8 Å². The molecule has 3 aromatic rings. The van der Waals surface area contributed by atoms with Crippen molar-refractivity contribution in [3.63, 3.8) is 0 Å². The third-order valence-corrected chi connectivity index (χ3v) is 3.52. The molecule has 0 atom stereocenters. The average molecular weight is 339 g/mol. The molecular formula is C18H21N5O2. The SMILES string of the molecule is CCCOc1ccc(CNc2cncc(-n3cccn3)n2)cc1OC. The standard InChI is InChI=1S/C18H21N5O2/c1-3-9-25-15-6-5-14(10-16(15)24-2)11-20-17-12-19-13-18(22-17)23-8-4-7-21-23/h4-8,10,12-13H,3,9,11H2,1-2H3,(H,20,22). The van der Waals surface area contributed by atoms with Crippen LogP contribution in [0, 0.1) is 0 Å². The number of nitrogens with one attached hydrogen (secondary N) is 1. The Morgan fingerprint density at radius 3 is 2.88 bits per heavy atom. The monoisotopic (exact) mass is 339 g/mol. The van der Waals surface area contributed by atoms with Crippen molar-refractivity contribution in [3.05, 3.63) is 54.6 Å². The van der Waals surface area contributed by atoms with Crippen LogP contribution in [0.3, 0.4) is 0 Å². The summed E-state index contributed by atoms with van der Waals surface area (Å²) in [6, 6.07) is 7.74. The van der Waals surface area contributed by atoms with E-state index >= 15 is 0 Å². The minimum absolute atomic E-state index is 0.599. The number of rotatable bonds is 8. The Balaban J connectivity index is 1.68. The Morgan fingerprint density at radius 1 is 1.20 bits per heavy atom. The summed E-state index contributed by atoms with van der Waals surface area (Å²) < 4.78 is 12.8. The van der Waals surface area contributed by atoms with Crippen LogP contribution >= 0.6 is 0 Å². The van der Waals surface area contributed by atoms with Crippen molar-refractivity contribution in [2.24, 2.45) is 0 Å². The molecule has 1 aromatic carbocycles. The maximum Gasteiger partial charge on any atom is 0.173 e. The number of hydrogen-bond acceptors (Lipinski definition) is 6. The van der Waals surface area contributed by atoms with Gasteiger partial charge in [-0.2, -0.15) is 5.10 Å². The minimum atomic E-state index is 0.599. The Labute approximate surface area is 146 Å². The van der Waals surface area contributed by atoms with E-state index in [0.717, 1.165) is 23.5 Å². The van der Waals surface area contributed by atoms with E-state index in [1.54, 1.807) is 30.4 Å². The first-order chi connectivity index (χ1) is 12.3. The zero-order valence-corrected chi connectivity index (χ0v) is 14.3. The van der Waals surface area contributed by atoms with Gasteiger partial charge in [0.25, 0.3) is 0 Å². The second kappa shape index (κ2) is 8.14. The molecule has 25 heavy (non-hydrogen) atoms. The predicted molar refractivity (Wildman–Crippen MR) is 95.3 cm³/mol. The molecule has 0 saturated heterocycles. The first-order valence-electron chi connectivity index (χ1n) is 8.16. The van der Waals surface area contributed by atoms with Crippen LogP contribution in [-0.4, -0.2) is 33.5 Å². The van der Waals surface area contributed by atoms with Crippen molar-refractivity contribution in [1.82, 2.24) is 19.7 Å². The van der Waals surface area contributed by atoms with Gasteiger partial charge in [-0.05, 0) is 30.2 Å². The van der Waals surface area contributed by atoms with Crippen LogP contribution in [0.5, 0.6) is 11.5 Å². The molecular weight excluding hydrogens is 318 g/mol. The summed E-state index contributed by atoms with van der Waals surface area (Å²) in [7, 11) is 1.64. The van der Waals surface area contributed by atoms with Crippen LogP contribution in [0.25, 0.3) is 5.82 Å². The maximum atomic E-state index is 5.67. The molecule has 0 aliphatic heterocycles. The van der Waals surface area contributed by atoms with Gasteiger partial charge < -0.3 is 14.8 Å². The van der Waals surface area contributed by atoms with Gasteiger partial charge >= 0.3 is 0 Å². The van der Waals surface area contributed by atoms with Crippen LogP contribution in [-0.2, 0) is 6.54 Å². The minimum Gasteiger partial charge on any atom is -0.493 e. The van der Waals surface area contributed by atoms with Crippen molar-refractivity contribution in [2.45, 2.75) is 19.9 Å². The second-order valence-corrected chi connectivity index (χ2v) is 5.40. The molecule has 0 radical (unpaired) electrons. The highest BCUT2D eigenvalue weighted by atomic mass is 16.5. The van der Waals surface area contributed by atoms with E-state index in [4.69, 9.17) is 9.47 Å². The zero-order chi connectivity index (χ0) is 17.5. The van der Waals surface area contributed by atoms with Gasteiger partial charge in [0.2, 0.25) is 0 Å². The van der Waals surface area contributed by atoms with Crippen molar-refractivity contribution in [2.75, 3.05) is 19.0 Å².